The number of ether oxygens (including phenoxy) is 1. The second-order valence-electron chi connectivity index (χ2n) is 7.05. The van der Waals surface area contributed by atoms with E-state index in [9.17, 15) is 9.59 Å². The Hall–Kier alpha value is -2.24. The van der Waals surface area contributed by atoms with Gasteiger partial charge in [0.05, 0.1) is 10.0 Å². The zero-order valence-electron chi connectivity index (χ0n) is 17.3. The van der Waals surface area contributed by atoms with E-state index in [1.807, 2.05) is 26.8 Å². The maximum Gasteiger partial charge on any atom is 0.261 e. The molecule has 0 saturated carbocycles. The standard InChI is InChI=1S/C22H26Cl2N2O3/c1-13-8-14(2)15(3)20(9-13)29-12-21(27)26(16(4)22(28)25-5)11-17-6-7-18(23)19(24)10-17/h6-10,16H,11-12H2,1-5H3,(H,25,28)/t16-/m0/s1. The number of rotatable bonds is 7. The number of carbonyl (C=O) groups excluding carboxylic acids is 2. The van der Waals surface area contributed by atoms with Gasteiger partial charge in [-0.25, -0.2) is 0 Å². The fraction of sp³-hybridized carbons (Fsp3) is 0.364. The summed E-state index contributed by atoms with van der Waals surface area (Å²) >= 11 is 12.1. The molecule has 0 bridgehead atoms. The van der Waals surface area contributed by atoms with Crippen molar-refractivity contribution in [1.29, 1.82) is 0 Å². The van der Waals surface area contributed by atoms with E-state index in [-0.39, 0.29) is 25.0 Å². The fourth-order valence-corrected chi connectivity index (χ4v) is 3.32. The number of hydrogen-bond acceptors (Lipinski definition) is 3. The molecule has 0 heterocycles. The van der Waals surface area contributed by atoms with Crippen molar-refractivity contribution in [2.45, 2.75) is 40.3 Å². The first-order valence-electron chi connectivity index (χ1n) is 9.29. The molecule has 2 aromatic carbocycles. The number of benzene rings is 2. The van der Waals surface area contributed by atoms with Crippen LogP contribution in [0.1, 0.15) is 29.2 Å². The first-order chi connectivity index (χ1) is 13.6. The Bertz CT molecular complexity index is 915. The molecule has 0 spiro atoms. The lowest BCUT2D eigenvalue weighted by Crippen LogP contribution is -2.48. The third-order valence-electron chi connectivity index (χ3n) is 4.87. The van der Waals surface area contributed by atoms with Crippen LogP contribution in [0.15, 0.2) is 30.3 Å². The highest BCUT2D eigenvalue weighted by Crippen LogP contribution is 2.25. The largest absolute Gasteiger partial charge is 0.483 e. The van der Waals surface area contributed by atoms with Crippen molar-refractivity contribution < 1.29 is 14.3 Å². The molecular weight excluding hydrogens is 411 g/mol. The van der Waals surface area contributed by atoms with Gasteiger partial charge in [-0.2, -0.15) is 0 Å². The first kappa shape index (κ1) is 23.0. The van der Waals surface area contributed by atoms with Crippen molar-refractivity contribution in [3.05, 3.63) is 62.6 Å². The molecule has 0 aliphatic heterocycles. The highest BCUT2D eigenvalue weighted by atomic mass is 35.5. The Morgan fingerprint density at radius 1 is 1.10 bits per heavy atom. The number of hydrogen-bond donors (Lipinski definition) is 1. The molecule has 2 aromatic rings. The van der Waals surface area contributed by atoms with E-state index in [0.717, 1.165) is 22.3 Å². The van der Waals surface area contributed by atoms with Crippen molar-refractivity contribution in [2.24, 2.45) is 0 Å². The van der Waals surface area contributed by atoms with Gasteiger partial charge in [0, 0.05) is 13.6 Å². The van der Waals surface area contributed by atoms with Crippen LogP contribution in [-0.4, -0.2) is 36.4 Å². The summed E-state index contributed by atoms with van der Waals surface area (Å²) in [5, 5.41) is 3.41. The quantitative estimate of drug-likeness (QED) is 0.696. The average molecular weight is 437 g/mol. The highest BCUT2D eigenvalue weighted by molar-refractivity contribution is 6.42. The number of halogens is 2. The number of amides is 2. The molecule has 0 saturated heterocycles. The molecule has 0 aliphatic rings. The van der Waals surface area contributed by atoms with E-state index in [2.05, 4.69) is 11.4 Å². The van der Waals surface area contributed by atoms with E-state index < -0.39 is 6.04 Å². The third-order valence-corrected chi connectivity index (χ3v) is 5.60. The molecule has 0 aromatic heterocycles. The highest BCUT2D eigenvalue weighted by Gasteiger charge is 2.26. The molecule has 0 aliphatic carbocycles. The van der Waals surface area contributed by atoms with Crippen molar-refractivity contribution in [1.82, 2.24) is 10.2 Å². The molecule has 0 unspecified atom stereocenters. The lowest BCUT2D eigenvalue weighted by molar-refractivity contribution is -0.142. The molecule has 1 atom stereocenters. The van der Waals surface area contributed by atoms with Crippen LogP contribution in [0.5, 0.6) is 5.75 Å². The Morgan fingerprint density at radius 2 is 1.79 bits per heavy atom. The van der Waals surface area contributed by atoms with Crippen LogP contribution in [0.2, 0.25) is 10.0 Å². The van der Waals surface area contributed by atoms with E-state index in [4.69, 9.17) is 27.9 Å². The summed E-state index contributed by atoms with van der Waals surface area (Å²) < 4.78 is 5.82. The van der Waals surface area contributed by atoms with Gasteiger partial charge in [0.15, 0.2) is 6.61 Å². The summed E-state index contributed by atoms with van der Waals surface area (Å²) in [4.78, 5) is 26.6. The van der Waals surface area contributed by atoms with Gasteiger partial charge in [0.25, 0.3) is 5.91 Å². The van der Waals surface area contributed by atoms with Crippen LogP contribution < -0.4 is 10.1 Å². The summed E-state index contributed by atoms with van der Waals surface area (Å²) in [6, 6.07) is 8.43. The van der Waals surface area contributed by atoms with Gasteiger partial charge in [-0.05, 0) is 68.1 Å². The maximum absolute atomic E-state index is 13.0. The Morgan fingerprint density at radius 3 is 2.41 bits per heavy atom. The monoisotopic (exact) mass is 436 g/mol. The van der Waals surface area contributed by atoms with Crippen molar-refractivity contribution >= 4 is 35.0 Å². The minimum absolute atomic E-state index is 0.174. The summed E-state index contributed by atoms with van der Waals surface area (Å²) in [6.07, 6.45) is 0. The zero-order valence-corrected chi connectivity index (χ0v) is 18.8. The van der Waals surface area contributed by atoms with Crippen LogP contribution in [0.4, 0.5) is 0 Å². The summed E-state index contributed by atoms with van der Waals surface area (Å²) in [5.74, 6) is 0.102. The number of aryl methyl sites for hydroxylation is 2. The van der Waals surface area contributed by atoms with Gasteiger partial charge in [-0.3, -0.25) is 9.59 Å². The van der Waals surface area contributed by atoms with Crippen LogP contribution in [-0.2, 0) is 16.1 Å². The predicted molar refractivity (Wildman–Crippen MR) is 117 cm³/mol. The molecule has 29 heavy (non-hydrogen) atoms. The molecular formula is C22H26Cl2N2O3. The van der Waals surface area contributed by atoms with E-state index in [1.54, 1.807) is 25.1 Å². The van der Waals surface area contributed by atoms with Gasteiger partial charge in [-0.1, -0.05) is 35.3 Å². The molecule has 7 heteroatoms. The first-order valence-corrected chi connectivity index (χ1v) is 10.0. The minimum Gasteiger partial charge on any atom is -0.483 e. The molecule has 1 N–H and O–H groups in total. The minimum atomic E-state index is -0.675. The lowest BCUT2D eigenvalue weighted by atomic mass is 10.1. The third kappa shape index (κ3) is 5.87. The van der Waals surface area contributed by atoms with E-state index in [0.29, 0.717) is 15.8 Å². The molecule has 156 valence electrons. The summed E-state index contributed by atoms with van der Waals surface area (Å²) in [5.41, 5.74) is 3.91. The molecule has 5 nitrogen and oxygen atoms in total. The number of likely N-dealkylation sites (N-methyl/N-ethyl adjacent to an activating group) is 1. The van der Waals surface area contributed by atoms with Crippen LogP contribution in [0, 0.1) is 20.8 Å². The molecule has 0 fully saturated rings. The Kier molecular flexibility index (Phi) is 7.94. The maximum atomic E-state index is 13.0. The SMILES string of the molecule is CNC(=O)[C@H](C)N(Cc1ccc(Cl)c(Cl)c1)C(=O)COc1cc(C)cc(C)c1C. The normalized spacial score (nSPS) is 11.7. The van der Waals surface area contributed by atoms with Gasteiger partial charge in [0.2, 0.25) is 5.91 Å². The number of nitrogens with one attached hydrogen (secondary N) is 1. The van der Waals surface area contributed by atoms with Crippen molar-refractivity contribution in [3.8, 4) is 5.75 Å². The van der Waals surface area contributed by atoms with Crippen molar-refractivity contribution in [2.75, 3.05) is 13.7 Å². The number of nitrogens with zero attached hydrogens (tertiary/aromatic N) is 1. The lowest BCUT2D eigenvalue weighted by Gasteiger charge is -2.28. The predicted octanol–water partition coefficient (Wildman–Crippen LogP) is 4.46. The van der Waals surface area contributed by atoms with Crippen LogP contribution in [0.25, 0.3) is 0 Å². The number of carbonyl (C=O) groups is 2. The van der Waals surface area contributed by atoms with Crippen LogP contribution >= 0.6 is 23.2 Å². The van der Waals surface area contributed by atoms with Gasteiger partial charge in [0.1, 0.15) is 11.8 Å². The van der Waals surface area contributed by atoms with Crippen LogP contribution in [0.3, 0.4) is 0 Å². The topological polar surface area (TPSA) is 58.6 Å². The summed E-state index contributed by atoms with van der Waals surface area (Å²) in [7, 11) is 1.54. The molecule has 0 radical (unpaired) electrons. The summed E-state index contributed by atoms with van der Waals surface area (Å²) in [6.45, 7) is 7.64. The van der Waals surface area contributed by atoms with Gasteiger partial charge >= 0.3 is 0 Å². The Labute approximate surface area is 181 Å². The van der Waals surface area contributed by atoms with E-state index >= 15 is 0 Å². The Balaban J connectivity index is 2.22. The fourth-order valence-electron chi connectivity index (χ4n) is 3.00. The molecule has 2 rings (SSSR count). The van der Waals surface area contributed by atoms with Gasteiger partial charge in [-0.15, -0.1) is 0 Å². The van der Waals surface area contributed by atoms with Crippen molar-refractivity contribution in [3.63, 3.8) is 0 Å². The second-order valence-corrected chi connectivity index (χ2v) is 7.87. The zero-order chi connectivity index (χ0) is 21.7. The van der Waals surface area contributed by atoms with Gasteiger partial charge < -0.3 is 15.0 Å². The average Bonchev–Trinajstić information content (AvgIpc) is 2.68. The smallest absolute Gasteiger partial charge is 0.261 e. The molecule has 2 amide bonds. The van der Waals surface area contributed by atoms with E-state index in [1.165, 1.54) is 11.9 Å². The second kappa shape index (κ2) is 9.99.